The molecule has 1 heterocycles. The summed E-state index contributed by atoms with van der Waals surface area (Å²) in [6.45, 7) is 8.47. The van der Waals surface area contributed by atoms with E-state index in [2.05, 4.69) is 23.6 Å². The van der Waals surface area contributed by atoms with Gasteiger partial charge < -0.3 is 19.8 Å². The monoisotopic (exact) mass is 294 g/mol. The molecule has 2 unspecified atom stereocenters. The molecule has 1 aliphatic heterocycles. The first-order chi connectivity index (χ1) is 10.1. The summed E-state index contributed by atoms with van der Waals surface area (Å²) in [4.78, 5) is 4.75. The van der Waals surface area contributed by atoms with Crippen molar-refractivity contribution in [3.63, 3.8) is 0 Å². The van der Waals surface area contributed by atoms with Crippen LogP contribution in [0.15, 0.2) is 18.2 Å². The van der Waals surface area contributed by atoms with E-state index in [9.17, 15) is 10.2 Å². The van der Waals surface area contributed by atoms with Gasteiger partial charge in [0.05, 0.1) is 19.8 Å². The SMILES string of the molecule is CCN1CCN(C(CO)c2ccc(O)c(OC)c2)C(C)C1. The number of phenolic OH excluding ortho intramolecular Hbond substituents is 1. The maximum absolute atomic E-state index is 9.85. The fourth-order valence-electron chi connectivity index (χ4n) is 3.10. The summed E-state index contributed by atoms with van der Waals surface area (Å²) in [6.07, 6.45) is 0. The number of hydrogen-bond acceptors (Lipinski definition) is 5. The van der Waals surface area contributed by atoms with Crippen molar-refractivity contribution in [2.45, 2.75) is 25.9 Å². The molecule has 1 aliphatic rings. The normalized spacial score (nSPS) is 22.2. The second-order valence-corrected chi connectivity index (χ2v) is 5.61. The van der Waals surface area contributed by atoms with Gasteiger partial charge in [-0.1, -0.05) is 13.0 Å². The Bertz CT molecular complexity index is 467. The molecular formula is C16H26N2O3. The van der Waals surface area contributed by atoms with E-state index in [0.717, 1.165) is 31.7 Å². The van der Waals surface area contributed by atoms with Gasteiger partial charge in [0.1, 0.15) is 0 Å². The molecule has 0 spiro atoms. The van der Waals surface area contributed by atoms with Crippen LogP contribution >= 0.6 is 0 Å². The Balaban J connectivity index is 2.19. The van der Waals surface area contributed by atoms with Crippen LogP contribution in [0.4, 0.5) is 0 Å². The molecule has 1 aromatic carbocycles. The lowest BCUT2D eigenvalue weighted by atomic mass is 10.0. The second kappa shape index (κ2) is 7.11. The largest absolute Gasteiger partial charge is 0.504 e. The first-order valence-corrected chi connectivity index (χ1v) is 7.56. The maximum atomic E-state index is 9.85. The number of piperazine rings is 1. The molecule has 0 amide bonds. The van der Waals surface area contributed by atoms with Crippen molar-refractivity contribution in [1.82, 2.24) is 9.80 Å². The highest BCUT2D eigenvalue weighted by Crippen LogP contribution is 2.32. The molecule has 2 N–H and O–H groups in total. The number of aliphatic hydroxyl groups is 1. The van der Waals surface area contributed by atoms with Crippen LogP contribution in [0, 0.1) is 0 Å². The molecular weight excluding hydrogens is 268 g/mol. The number of benzene rings is 1. The second-order valence-electron chi connectivity index (χ2n) is 5.61. The van der Waals surface area contributed by atoms with Crippen LogP contribution in [-0.2, 0) is 0 Å². The molecule has 2 rings (SSSR count). The fourth-order valence-corrected chi connectivity index (χ4v) is 3.10. The number of rotatable bonds is 5. The predicted molar refractivity (Wildman–Crippen MR) is 82.8 cm³/mol. The Morgan fingerprint density at radius 3 is 2.71 bits per heavy atom. The molecule has 1 saturated heterocycles. The molecule has 5 nitrogen and oxygen atoms in total. The van der Waals surface area contributed by atoms with Gasteiger partial charge in [0.2, 0.25) is 0 Å². The average Bonchev–Trinajstić information content (AvgIpc) is 2.50. The summed E-state index contributed by atoms with van der Waals surface area (Å²) in [5.41, 5.74) is 0.976. The van der Waals surface area contributed by atoms with Gasteiger partial charge in [0.25, 0.3) is 0 Å². The van der Waals surface area contributed by atoms with E-state index >= 15 is 0 Å². The van der Waals surface area contributed by atoms with Crippen molar-refractivity contribution < 1.29 is 14.9 Å². The highest BCUT2D eigenvalue weighted by Gasteiger charge is 2.29. The van der Waals surface area contributed by atoms with Crippen LogP contribution in [-0.4, -0.2) is 66.0 Å². The molecule has 5 heteroatoms. The first kappa shape index (κ1) is 16.1. The van der Waals surface area contributed by atoms with Gasteiger partial charge in [-0.25, -0.2) is 0 Å². The first-order valence-electron chi connectivity index (χ1n) is 7.56. The van der Waals surface area contributed by atoms with E-state index in [4.69, 9.17) is 4.74 Å². The van der Waals surface area contributed by atoms with E-state index in [-0.39, 0.29) is 18.4 Å². The van der Waals surface area contributed by atoms with Gasteiger partial charge >= 0.3 is 0 Å². The predicted octanol–water partition coefficient (Wildman–Crippen LogP) is 1.46. The third-order valence-electron chi connectivity index (χ3n) is 4.37. The van der Waals surface area contributed by atoms with Gasteiger partial charge in [0, 0.05) is 25.7 Å². The number of methoxy groups -OCH3 is 1. The fraction of sp³-hybridized carbons (Fsp3) is 0.625. The van der Waals surface area contributed by atoms with Gasteiger partial charge in [-0.3, -0.25) is 4.90 Å². The molecule has 21 heavy (non-hydrogen) atoms. The third kappa shape index (κ3) is 3.48. The van der Waals surface area contributed by atoms with Gasteiger partial charge in [-0.15, -0.1) is 0 Å². The molecule has 1 aromatic rings. The third-order valence-corrected chi connectivity index (χ3v) is 4.37. The Morgan fingerprint density at radius 1 is 1.38 bits per heavy atom. The van der Waals surface area contributed by atoms with Crippen molar-refractivity contribution >= 4 is 0 Å². The summed E-state index contributed by atoms with van der Waals surface area (Å²) in [6, 6.07) is 5.63. The lowest BCUT2D eigenvalue weighted by Gasteiger charge is -2.43. The molecule has 0 bridgehead atoms. The lowest BCUT2D eigenvalue weighted by Crippen LogP contribution is -2.53. The molecule has 118 valence electrons. The quantitative estimate of drug-likeness (QED) is 0.861. The number of hydrogen-bond donors (Lipinski definition) is 2. The number of aliphatic hydroxyl groups excluding tert-OH is 1. The highest BCUT2D eigenvalue weighted by molar-refractivity contribution is 5.42. The van der Waals surface area contributed by atoms with Crippen LogP contribution < -0.4 is 4.74 Å². The van der Waals surface area contributed by atoms with E-state index in [0.29, 0.717) is 11.8 Å². The van der Waals surface area contributed by atoms with Crippen molar-refractivity contribution in [1.29, 1.82) is 0 Å². The minimum atomic E-state index is -0.0616. The molecule has 1 fully saturated rings. The molecule has 0 saturated carbocycles. The summed E-state index contributed by atoms with van der Waals surface area (Å²) in [5.74, 6) is 0.576. The molecule has 0 aromatic heterocycles. The summed E-state index contributed by atoms with van der Waals surface area (Å²) in [5, 5.41) is 19.6. The minimum absolute atomic E-state index is 0.0599. The van der Waals surface area contributed by atoms with Crippen LogP contribution in [0.3, 0.4) is 0 Å². The number of phenols is 1. The zero-order valence-electron chi connectivity index (χ0n) is 13.1. The smallest absolute Gasteiger partial charge is 0.160 e. The average molecular weight is 294 g/mol. The molecule has 2 atom stereocenters. The van der Waals surface area contributed by atoms with Crippen molar-refractivity contribution in [3.05, 3.63) is 23.8 Å². The molecule has 0 radical (unpaired) electrons. The van der Waals surface area contributed by atoms with Gasteiger partial charge in [-0.05, 0) is 31.2 Å². The number of ether oxygens (including phenoxy) is 1. The summed E-state index contributed by atoms with van der Waals surface area (Å²) >= 11 is 0. The number of aromatic hydroxyl groups is 1. The summed E-state index contributed by atoms with van der Waals surface area (Å²) < 4.78 is 5.17. The zero-order chi connectivity index (χ0) is 15.4. The Kier molecular flexibility index (Phi) is 5.45. The van der Waals surface area contributed by atoms with E-state index < -0.39 is 0 Å². The van der Waals surface area contributed by atoms with E-state index in [1.165, 1.54) is 7.11 Å². The van der Waals surface area contributed by atoms with Crippen LogP contribution in [0.1, 0.15) is 25.5 Å². The van der Waals surface area contributed by atoms with Crippen LogP contribution in [0.5, 0.6) is 11.5 Å². The maximum Gasteiger partial charge on any atom is 0.160 e. The topological polar surface area (TPSA) is 56.2 Å². The zero-order valence-corrected chi connectivity index (χ0v) is 13.1. The minimum Gasteiger partial charge on any atom is -0.504 e. The van der Waals surface area contributed by atoms with E-state index in [1.807, 2.05) is 12.1 Å². The lowest BCUT2D eigenvalue weighted by molar-refractivity contribution is 0.0270. The van der Waals surface area contributed by atoms with E-state index in [1.54, 1.807) is 6.07 Å². The number of likely N-dealkylation sites (N-methyl/N-ethyl adjacent to an activating group) is 1. The van der Waals surface area contributed by atoms with Gasteiger partial charge in [-0.2, -0.15) is 0 Å². The van der Waals surface area contributed by atoms with Crippen LogP contribution in [0.25, 0.3) is 0 Å². The van der Waals surface area contributed by atoms with Crippen LogP contribution in [0.2, 0.25) is 0 Å². The summed E-state index contributed by atoms with van der Waals surface area (Å²) in [7, 11) is 1.54. The Hall–Kier alpha value is -1.30. The Morgan fingerprint density at radius 2 is 2.14 bits per heavy atom. The standard InChI is InChI=1S/C16H26N2O3/c1-4-17-7-8-18(12(2)10-17)14(11-19)13-5-6-15(20)16(9-13)21-3/h5-6,9,12,14,19-20H,4,7-8,10-11H2,1-3H3. The molecule has 0 aliphatic carbocycles. The van der Waals surface area contributed by atoms with Gasteiger partial charge in [0.15, 0.2) is 11.5 Å². The Labute approximate surface area is 126 Å². The highest BCUT2D eigenvalue weighted by atomic mass is 16.5. The number of nitrogens with zero attached hydrogens (tertiary/aromatic N) is 2. The van der Waals surface area contributed by atoms with Crippen molar-refractivity contribution in [3.8, 4) is 11.5 Å². The van der Waals surface area contributed by atoms with Crippen molar-refractivity contribution in [2.24, 2.45) is 0 Å². The van der Waals surface area contributed by atoms with Crippen molar-refractivity contribution in [2.75, 3.05) is 39.9 Å².